The van der Waals surface area contributed by atoms with E-state index < -0.39 is 0 Å². The molecule has 1 aromatic carbocycles. The lowest BCUT2D eigenvalue weighted by molar-refractivity contribution is 0.187. The van der Waals surface area contributed by atoms with Crippen molar-refractivity contribution in [1.82, 2.24) is 10.2 Å². The van der Waals surface area contributed by atoms with E-state index in [1.54, 1.807) is 17.0 Å². The molecule has 1 aliphatic heterocycles. The maximum atomic E-state index is 13.0. The average Bonchev–Trinajstić information content (AvgIpc) is 2.39. The van der Waals surface area contributed by atoms with Crippen LogP contribution < -0.4 is 10.6 Å². The number of piperidine rings is 1. The molecule has 1 aliphatic rings. The van der Waals surface area contributed by atoms with Crippen LogP contribution in [0.15, 0.2) is 24.3 Å². The van der Waals surface area contributed by atoms with Gasteiger partial charge in [0.2, 0.25) is 0 Å². The summed E-state index contributed by atoms with van der Waals surface area (Å²) in [6.07, 6.45) is 2.07. The Morgan fingerprint density at radius 1 is 1.50 bits per heavy atom. The number of carbonyl (C=O) groups is 1. The van der Waals surface area contributed by atoms with Crippen LogP contribution in [0.5, 0.6) is 0 Å². The van der Waals surface area contributed by atoms with E-state index in [0.717, 1.165) is 19.4 Å². The predicted octanol–water partition coefficient (Wildman–Crippen LogP) is 2.04. The summed E-state index contributed by atoms with van der Waals surface area (Å²) < 4.78 is 13.0. The number of benzene rings is 1. The maximum absolute atomic E-state index is 13.0. The van der Waals surface area contributed by atoms with Crippen LogP contribution in [0, 0.1) is 5.82 Å². The van der Waals surface area contributed by atoms with Crippen molar-refractivity contribution >= 4 is 11.7 Å². The average molecular weight is 251 g/mol. The molecule has 2 N–H and O–H groups in total. The number of likely N-dealkylation sites (tertiary alicyclic amines) is 1. The number of hydrogen-bond acceptors (Lipinski definition) is 2. The first-order valence-electron chi connectivity index (χ1n) is 6.18. The first-order valence-corrected chi connectivity index (χ1v) is 6.18. The number of halogens is 1. The summed E-state index contributed by atoms with van der Waals surface area (Å²) in [6, 6.07) is 6.11. The first-order chi connectivity index (χ1) is 8.69. The predicted molar refractivity (Wildman–Crippen MR) is 69.1 cm³/mol. The standard InChI is InChI=1S/C13H18FN3O/c1-15-12-6-3-7-17(9-12)13(18)16-11-5-2-4-10(14)8-11/h2,4-5,8,12,15H,3,6-7,9H2,1H3,(H,16,18). The quantitative estimate of drug-likeness (QED) is 0.845. The van der Waals surface area contributed by atoms with Crippen molar-refractivity contribution in [3.8, 4) is 0 Å². The molecular weight excluding hydrogens is 233 g/mol. The van der Waals surface area contributed by atoms with Crippen molar-refractivity contribution in [3.63, 3.8) is 0 Å². The highest BCUT2D eigenvalue weighted by atomic mass is 19.1. The van der Waals surface area contributed by atoms with Crippen LogP contribution in [0.2, 0.25) is 0 Å². The van der Waals surface area contributed by atoms with Crippen LogP contribution in [0.25, 0.3) is 0 Å². The zero-order chi connectivity index (χ0) is 13.0. The Balaban J connectivity index is 1.95. The molecule has 0 spiro atoms. The van der Waals surface area contributed by atoms with Crippen molar-refractivity contribution in [2.45, 2.75) is 18.9 Å². The lowest BCUT2D eigenvalue weighted by Gasteiger charge is -2.32. The number of anilines is 1. The Morgan fingerprint density at radius 3 is 3.06 bits per heavy atom. The number of rotatable bonds is 2. The molecule has 1 aromatic rings. The van der Waals surface area contributed by atoms with Gasteiger partial charge >= 0.3 is 6.03 Å². The minimum atomic E-state index is -0.348. The molecule has 1 atom stereocenters. The fourth-order valence-electron chi connectivity index (χ4n) is 2.17. The van der Waals surface area contributed by atoms with Gasteiger partial charge in [-0.3, -0.25) is 0 Å². The van der Waals surface area contributed by atoms with Gasteiger partial charge in [0.05, 0.1) is 0 Å². The Hall–Kier alpha value is -1.62. The van der Waals surface area contributed by atoms with E-state index >= 15 is 0 Å². The second kappa shape index (κ2) is 5.82. The summed E-state index contributed by atoms with van der Waals surface area (Å²) in [5.74, 6) is -0.348. The van der Waals surface area contributed by atoms with Gasteiger partial charge in [0, 0.05) is 24.8 Å². The molecule has 4 nitrogen and oxygen atoms in total. The van der Waals surface area contributed by atoms with Gasteiger partial charge in [-0.2, -0.15) is 0 Å². The number of carbonyl (C=O) groups excluding carboxylic acids is 1. The number of nitrogens with zero attached hydrogens (tertiary/aromatic N) is 1. The zero-order valence-corrected chi connectivity index (χ0v) is 10.4. The molecule has 1 fully saturated rings. The molecule has 0 radical (unpaired) electrons. The third-order valence-corrected chi connectivity index (χ3v) is 3.19. The van der Waals surface area contributed by atoms with Gasteiger partial charge in [0.1, 0.15) is 5.82 Å². The molecule has 1 saturated heterocycles. The van der Waals surface area contributed by atoms with Gasteiger partial charge in [0.15, 0.2) is 0 Å². The lowest BCUT2D eigenvalue weighted by atomic mass is 10.1. The van der Waals surface area contributed by atoms with E-state index in [1.807, 2.05) is 7.05 Å². The molecule has 0 aromatic heterocycles. The summed E-state index contributed by atoms with van der Waals surface area (Å²) in [5, 5.41) is 5.90. The van der Waals surface area contributed by atoms with E-state index in [2.05, 4.69) is 10.6 Å². The Morgan fingerprint density at radius 2 is 2.33 bits per heavy atom. The third-order valence-electron chi connectivity index (χ3n) is 3.19. The van der Waals surface area contributed by atoms with E-state index in [-0.39, 0.29) is 11.8 Å². The molecular formula is C13H18FN3O. The first kappa shape index (κ1) is 12.8. The molecule has 0 aliphatic carbocycles. The Labute approximate surface area is 106 Å². The van der Waals surface area contributed by atoms with E-state index in [1.165, 1.54) is 12.1 Å². The molecule has 2 rings (SSSR count). The number of amides is 2. The van der Waals surface area contributed by atoms with E-state index in [9.17, 15) is 9.18 Å². The molecule has 1 heterocycles. The number of nitrogens with one attached hydrogen (secondary N) is 2. The lowest BCUT2D eigenvalue weighted by Crippen LogP contribution is -2.48. The smallest absolute Gasteiger partial charge is 0.321 e. The normalized spacial score (nSPS) is 19.7. The van der Waals surface area contributed by atoms with Crippen molar-refractivity contribution in [3.05, 3.63) is 30.1 Å². The van der Waals surface area contributed by atoms with Crippen molar-refractivity contribution in [2.24, 2.45) is 0 Å². The number of hydrogen-bond donors (Lipinski definition) is 2. The maximum Gasteiger partial charge on any atom is 0.321 e. The molecule has 1 unspecified atom stereocenters. The topological polar surface area (TPSA) is 44.4 Å². The largest absolute Gasteiger partial charge is 0.323 e. The highest BCUT2D eigenvalue weighted by molar-refractivity contribution is 5.89. The van der Waals surface area contributed by atoms with Crippen LogP contribution in [-0.4, -0.2) is 37.1 Å². The molecule has 5 heteroatoms. The molecule has 0 bridgehead atoms. The van der Waals surface area contributed by atoms with Gasteiger partial charge in [0.25, 0.3) is 0 Å². The summed E-state index contributed by atoms with van der Waals surface area (Å²) >= 11 is 0. The van der Waals surface area contributed by atoms with Crippen LogP contribution in [-0.2, 0) is 0 Å². The zero-order valence-electron chi connectivity index (χ0n) is 10.4. The van der Waals surface area contributed by atoms with E-state index in [0.29, 0.717) is 18.3 Å². The molecule has 18 heavy (non-hydrogen) atoms. The highest BCUT2D eigenvalue weighted by Crippen LogP contribution is 2.13. The summed E-state index contributed by atoms with van der Waals surface area (Å²) in [5.41, 5.74) is 0.492. The fraction of sp³-hybridized carbons (Fsp3) is 0.462. The minimum Gasteiger partial charge on any atom is -0.323 e. The van der Waals surface area contributed by atoms with Gasteiger partial charge in [-0.15, -0.1) is 0 Å². The second-order valence-electron chi connectivity index (χ2n) is 4.51. The van der Waals surface area contributed by atoms with Crippen molar-refractivity contribution in [1.29, 1.82) is 0 Å². The van der Waals surface area contributed by atoms with Gasteiger partial charge in [-0.1, -0.05) is 6.07 Å². The SMILES string of the molecule is CNC1CCCN(C(=O)Nc2cccc(F)c2)C1. The van der Waals surface area contributed by atoms with Crippen molar-refractivity contribution in [2.75, 3.05) is 25.5 Å². The summed E-state index contributed by atoms with van der Waals surface area (Å²) in [4.78, 5) is 13.8. The third kappa shape index (κ3) is 3.20. The Kier molecular flexibility index (Phi) is 4.15. The van der Waals surface area contributed by atoms with Crippen LogP contribution in [0.4, 0.5) is 14.9 Å². The van der Waals surface area contributed by atoms with E-state index in [4.69, 9.17) is 0 Å². The molecule has 0 saturated carbocycles. The molecule has 2 amide bonds. The minimum absolute atomic E-state index is 0.166. The second-order valence-corrected chi connectivity index (χ2v) is 4.51. The Bertz CT molecular complexity index is 424. The van der Waals surface area contributed by atoms with Crippen LogP contribution in [0.1, 0.15) is 12.8 Å². The van der Waals surface area contributed by atoms with Crippen LogP contribution in [0.3, 0.4) is 0 Å². The van der Waals surface area contributed by atoms with Gasteiger partial charge in [-0.05, 0) is 38.1 Å². The van der Waals surface area contributed by atoms with Gasteiger partial charge < -0.3 is 15.5 Å². The molecule has 98 valence electrons. The van der Waals surface area contributed by atoms with Gasteiger partial charge in [-0.25, -0.2) is 9.18 Å². The van der Waals surface area contributed by atoms with Crippen molar-refractivity contribution < 1.29 is 9.18 Å². The highest BCUT2D eigenvalue weighted by Gasteiger charge is 2.22. The number of likely N-dealkylation sites (N-methyl/N-ethyl adjacent to an activating group) is 1. The summed E-state index contributed by atoms with van der Waals surface area (Å²) in [6.45, 7) is 1.44. The monoisotopic (exact) mass is 251 g/mol. The fourth-order valence-corrected chi connectivity index (χ4v) is 2.17. The number of urea groups is 1. The van der Waals surface area contributed by atoms with Crippen LogP contribution >= 0.6 is 0 Å². The summed E-state index contributed by atoms with van der Waals surface area (Å²) in [7, 11) is 1.90.